The van der Waals surface area contributed by atoms with Crippen LogP contribution in [0.5, 0.6) is 40.2 Å². The minimum absolute atomic E-state index is 0.118. The van der Waals surface area contributed by atoms with E-state index >= 15 is 0 Å². The summed E-state index contributed by atoms with van der Waals surface area (Å²) in [7, 11) is 8.02. The maximum Gasteiger partial charge on any atom is 0.255 e. The number of fused-ring (bicyclic) bond motifs is 1. The molecule has 1 unspecified atom stereocenters. The summed E-state index contributed by atoms with van der Waals surface area (Å²) >= 11 is 0. The maximum absolute atomic E-state index is 12.6. The van der Waals surface area contributed by atoms with Crippen molar-refractivity contribution >= 4 is 23.7 Å². The molecule has 1 aliphatic heterocycles. The van der Waals surface area contributed by atoms with Crippen molar-refractivity contribution in [3.05, 3.63) is 95.1 Å². The summed E-state index contributed by atoms with van der Waals surface area (Å²) in [4.78, 5) is 12.6. The van der Waals surface area contributed by atoms with Gasteiger partial charge in [0.15, 0.2) is 34.5 Å². The Bertz CT molecular complexity index is 1710. The molecule has 0 bridgehead atoms. The Morgan fingerprint density at radius 2 is 1.21 bits per heavy atom. The Labute approximate surface area is 281 Å². The molecule has 0 radical (unpaired) electrons. The molecule has 0 spiro atoms. The fourth-order valence-electron chi connectivity index (χ4n) is 5.40. The molecule has 252 valence electrons. The normalized spacial score (nSPS) is 13.6. The second-order valence-electron chi connectivity index (χ2n) is 11.0. The molecule has 4 aromatic carbocycles. The van der Waals surface area contributed by atoms with Crippen LogP contribution in [0.15, 0.2) is 72.8 Å². The predicted molar refractivity (Wildman–Crippen MR) is 186 cm³/mol. The largest absolute Gasteiger partial charge is 0.493 e. The zero-order chi connectivity index (χ0) is 33.9. The van der Waals surface area contributed by atoms with Crippen LogP contribution in [0.1, 0.15) is 52.5 Å². The van der Waals surface area contributed by atoms with E-state index in [1.54, 1.807) is 41.6 Å². The molecule has 1 atom stereocenters. The van der Waals surface area contributed by atoms with Gasteiger partial charge in [-0.3, -0.25) is 4.79 Å². The van der Waals surface area contributed by atoms with Crippen molar-refractivity contribution in [1.82, 2.24) is 5.32 Å². The number of ether oxygens (including phenoxy) is 7. The summed E-state index contributed by atoms with van der Waals surface area (Å²) < 4.78 is 39.7. The van der Waals surface area contributed by atoms with E-state index in [4.69, 9.17) is 33.2 Å². The number of carbonyl (C=O) groups is 1. The summed E-state index contributed by atoms with van der Waals surface area (Å²) in [6, 6.07) is 22.7. The lowest BCUT2D eigenvalue weighted by Crippen LogP contribution is -2.38. The lowest BCUT2D eigenvalue weighted by molar-refractivity contribution is 0.0935. The molecule has 0 fully saturated rings. The fourth-order valence-corrected chi connectivity index (χ4v) is 5.40. The van der Waals surface area contributed by atoms with Crippen LogP contribution in [0.2, 0.25) is 0 Å². The molecular formula is C38H42N2O8. The number of amides is 1. The first kappa shape index (κ1) is 33.8. The summed E-state index contributed by atoms with van der Waals surface area (Å²) in [5, 5.41) is 6.36. The molecule has 0 aromatic heterocycles. The van der Waals surface area contributed by atoms with Gasteiger partial charge < -0.3 is 43.8 Å². The highest BCUT2D eigenvalue weighted by Crippen LogP contribution is 2.39. The summed E-state index contributed by atoms with van der Waals surface area (Å²) in [5.41, 5.74) is 4.15. The van der Waals surface area contributed by atoms with E-state index in [0.717, 1.165) is 41.6 Å². The van der Waals surface area contributed by atoms with Gasteiger partial charge in [-0.05, 0) is 84.5 Å². The smallest absolute Gasteiger partial charge is 0.255 e. The van der Waals surface area contributed by atoms with E-state index in [9.17, 15) is 4.79 Å². The molecule has 2 N–H and O–H groups in total. The van der Waals surface area contributed by atoms with Crippen molar-refractivity contribution in [3.63, 3.8) is 0 Å². The summed E-state index contributed by atoms with van der Waals surface area (Å²) in [5.74, 6) is 4.23. The quantitative estimate of drug-likeness (QED) is 0.0946. The highest BCUT2D eigenvalue weighted by molar-refractivity contribution is 6.01. The second kappa shape index (κ2) is 16.4. The summed E-state index contributed by atoms with van der Waals surface area (Å²) in [6.45, 7) is 1.07. The molecule has 10 nitrogen and oxygen atoms in total. The molecular weight excluding hydrogens is 612 g/mol. The third kappa shape index (κ3) is 8.06. The SMILES string of the molecule is COc1cc(C2NC(=O)c3ccccc3N2)ccc1OCCCCCOc1cc(C=Cc2cc(OC)c(OC)c(OC)c2)ccc1OC. The van der Waals surface area contributed by atoms with Crippen LogP contribution in [-0.4, -0.2) is 54.7 Å². The van der Waals surface area contributed by atoms with Crippen LogP contribution in [0, 0.1) is 0 Å². The van der Waals surface area contributed by atoms with Crippen LogP contribution in [0.3, 0.4) is 0 Å². The van der Waals surface area contributed by atoms with Crippen molar-refractivity contribution in [2.75, 3.05) is 54.1 Å². The number of hydrogen-bond donors (Lipinski definition) is 2. The average molecular weight is 655 g/mol. The zero-order valence-electron chi connectivity index (χ0n) is 28.0. The van der Waals surface area contributed by atoms with Crippen molar-refractivity contribution < 1.29 is 38.0 Å². The molecule has 1 heterocycles. The van der Waals surface area contributed by atoms with Gasteiger partial charge in [-0.2, -0.15) is 0 Å². The average Bonchev–Trinajstić information content (AvgIpc) is 3.13. The van der Waals surface area contributed by atoms with E-state index in [2.05, 4.69) is 10.6 Å². The van der Waals surface area contributed by atoms with Gasteiger partial charge in [-0.1, -0.05) is 36.4 Å². The molecule has 48 heavy (non-hydrogen) atoms. The lowest BCUT2D eigenvalue weighted by atomic mass is 10.1. The molecule has 1 amide bonds. The van der Waals surface area contributed by atoms with Gasteiger partial charge >= 0.3 is 0 Å². The first-order chi connectivity index (χ1) is 23.5. The van der Waals surface area contributed by atoms with Crippen LogP contribution in [-0.2, 0) is 0 Å². The molecule has 5 rings (SSSR count). The Kier molecular flexibility index (Phi) is 11.5. The Morgan fingerprint density at radius 1 is 0.583 bits per heavy atom. The molecule has 4 aromatic rings. The van der Waals surface area contributed by atoms with Gasteiger partial charge in [-0.15, -0.1) is 0 Å². The van der Waals surface area contributed by atoms with E-state index in [0.29, 0.717) is 59.0 Å². The fraction of sp³-hybridized carbons (Fsp3) is 0.289. The Hall–Kier alpha value is -5.51. The number of unbranched alkanes of at least 4 members (excludes halogenated alkanes) is 2. The minimum Gasteiger partial charge on any atom is -0.493 e. The molecule has 1 aliphatic rings. The van der Waals surface area contributed by atoms with E-state index < -0.39 is 0 Å². The Morgan fingerprint density at radius 3 is 1.90 bits per heavy atom. The van der Waals surface area contributed by atoms with Crippen LogP contribution < -0.4 is 43.8 Å². The second-order valence-corrected chi connectivity index (χ2v) is 11.0. The van der Waals surface area contributed by atoms with E-state index in [1.165, 1.54) is 0 Å². The van der Waals surface area contributed by atoms with E-state index in [-0.39, 0.29) is 12.1 Å². The number of nitrogens with one attached hydrogen (secondary N) is 2. The third-order valence-electron chi connectivity index (χ3n) is 7.91. The maximum atomic E-state index is 12.6. The van der Waals surface area contributed by atoms with E-state index in [1.807, 2.05) is 78.9 Å². The van der Waals surface area contributed by atoms with Gasteiger partial charge in [0.25, 0.3) is 5.91 Å². The molecule has 0 aliphatic carbocycles. The number of carbonyl (C=O) groups excluding carboxylic acids is 1. The third-order valence-corrected chi connectivity index (χ3v) is 7.91. The first-order valence-electron chi connectivity index (χ1n) is 15.7. The van der Waals surface area contributed by atoms with Crippen LogP contribution in [0.4, 0.5) is 5.69 Å². The number of rotatable bonds is 16. The lowest BCUT2D eigenvalue weighted by Gasteiger charge is -2.28. The molecule has 0 saturated carbocycles. The summed E-state index contributed by atoms with van der Waals surface area (Å²) in [6.07, 6.45) is 6.21. The van der Waals surface area contributed by atoms with Gasteiger partial charge in [-0.25, -0.2) is 0 Å². The molecule has 0 saturated heterocycles. The van der Waals surface area contributed by atoms with Gasteiger partial charge in [0, 0.05) is 5.69 Å². The minimum atomic E-state index is -0.368. The number of para-hydroxylation sites is 1. The number of benzene rings is 4. The highest BCUT2D eigenvalue weighted by atomic mass is 16.5. The number of anilines is 1. The number of hydrogen-bond acceptors (Lipinski definition) is 9. The Balaban J connectivity index is 1.10. The predicted octanol–water partition coefficient (Wildman–Crippen LogP) is 7.38. The standard InChI is InChI=1S/C38H42N2O8/c1-42-30-17-15-25(13-14-26-22-34(44-3)36(46-5)35(23-26)45-4)21-33(30)48-20-10-6-9-19-47-31-18-16-27(24-32(31)43-2)37-39-29-12-8-7-11-28(29)38(41)40-37/h7-8,11-18,21-24,37,39H,6,9-10,19-20H2,1-5H3,(H,40,41). The van der Waals surface area contributed by atoms with Crippen LogP contribution in [0.25, 0.3) is 12.2 Å². The topological polar surface area (TPSA) is 106 Å². The van der Waals surface area contributed by atoms with Crippen molar-refractivity contribution in [1.29, 1.82) is 0 Å². The van der Waals surface area contributed by atoms with Gasteiger partial charge in [0.05, 0.1) is 54.3 Å². The van der Waals surface area contributed by atoms with Gasteiger partial charge in [0.1, 0.15) is 6.17 Å². The van der Waals surface area contributed by atoms with Crippen LogP contribution >= 0.6 is 0 Å². The number of methoxy groups -OCH3 is 5. The first-order valence-corrected chi connectivity index (χ1v) is 15.7. The van der Waals surface area contributed by atoms with Crippen molar-refractivity contribution in [2.24, 2.45) is 0 Å². The zero-order valence-corrected chi connectivity index (χ0v) is 28.0. The molecule has 10 heteroatoms. The van der Waals surface area contributed by atoms with Crippen molar-refractivity contribution in [3.8, 4) is 40.2 Å². The van der Waals surface area contributed by atoms with Gasteiger partial charge in [0.2, 0.25) is 5.75 Å². The monoisotopic (exact) mass is 654 g/mol. The highest BCUT2D eigenvalue weighted by Gasteiger charge is 2.25. The van der Waals surface area contributed by atoms with Crippen molar-refractivity contribution in [2.45, 2.75) is 25.4 Å².